The van der Waals surface area contributed by atoms with E-state index in [2.05, 4.69) is 43.9 Å². The molecule has 1 amide bonds. The molecule has 0 radical (unpaired) electrons. The molecular formula is C31H27N5O3. The zero-order valence-corrected chi connectivity index (χ0v) is 21.6. The van der Waals surface area contributed by atoms with Crippen LogP contribution in [0.3, 0.4) is 0 Å². The first-order valence-corrected chi connectivity index (χ1v) is 13.0. The SMILES string of the molecule is CCC(OC(=O)c1ccc2nc(-c3cccnc3)[nH]c2c1)C(=O)Nc1ccc2c(c1)c1ccccc1n2CC. The molecular weight excluding hydrogens is 490 g/mol. The van der Waals surface area contributed by atoms with E-state index in [1.807, 2.05) is 49.4 Å². The number of para-hydroxylation sites is 1. The van der Waals surface area contributed by atoms with Crippen molar-refractivity contribution in [2.24, 2.45) is 0 Å². The normalized spacial score (nSPS) is 12.2. The summed E-state index contributed by atoms with van der Waals surface area (Å²) in [5.41, 5.74) is 5.51. The standard InChI is InChI=1S/C31H27N5O3/c1-3-28(30(37)33-21-12-14-27-23(17-21)22-9-5-6-10-26(22)36(27)4-2)39-31(38)19-11-13-24-25(16-19)35-29(34-24)20-8-7-15-32-18-20/h5-18,28H,3-4H2,1-2H3,(H,33,37)(H,34,35). The molecule has 1 atom stereocenters. The van der Waals surface area contributed by atoms with Crippen molar-refractivity contribution in [3.63, 3.8) is 0 Å². The highest BCUT2D eigenvalue weighted by Gasteiger charge is 2.23. The summed E-state index contributed by atoms with van der Waals surface area (Å²) in [6.07, 6.45) is 2.82. The van der Waals surface area contributed by atoms with E-state index in [4.69, 9.17) is 4.74 Å². The van der Waals surface area contributed by atoms with Gasteiger partial charge in [-0.1, -0.05) is 25.1 Å². The summed E-state index contributed by atoms with van der Waals surface area (Å²) in [5, 5.41) is 5.13. The van der Waals surface area contributed by atoms with Crippen LogP contribution < -0.4 is 5.32 Å². The summed E-state index contributed by atoms with van der Waals surface area (Å²) in [5.74, 6) is -0.280. The summed E-state index contributed by atoms with van der Waals surface area (Å²) in [6.45, 7) is 4.78. The molecule has 0 fully saturated rings. The Labute approximate surface area is 224 Å². The van der Waals surface area contributed by atoms with Gasteiger partial charge in [-0.25, -0.2) is 9.78 Å². The number of pyridine rings is 1. The van der Waals surface area contributed by atoms with E-state index in [1.54, 1.807) is 30.6 Å². The number of nitrogens with one attached hydrogen (secondary N) is 2. The van der Waals surface area contributed by atoms with E-state index in [1.165, 1.54) is 0 Å². The fourth-order valence-electron chi connectivity index (χ4n) is 4.99. The van der Waals surface area contributed by atoms with E-state index in [0.29, 0.717) is 29.0 Å². The Kier molecular flexibility index (Phi) is 6.28. The number of esters is 1. The number of aromatic amines is 1. The van der Waals surface area contributed by atoms with Gasteiger partial charge in [-0.3, -0.25) is 9.78 Å². The van der Waals surface area contributed by atoms with Crippen molar-refractivity contribution >= 4 is 50.4 Å². The molecule has 39 heavy (non-hydrogen) atoms. The van der Waals surface area contributed by atoms with Crippen LogP contribution in [0.5, 0.6) is 0 Å². The average Bonchev–Trinajstić information content (AvgIpc) is 3.54. The summed E-state index contributed by atoms with van der Waals surface area (Å²) >= 11 is 0. The van der Waals surface area contributed by atoms with Crippen molar-refractivity contribution in [1.82, 2.24) is 19.5 Å². The molecule has 6 aromatic rings. The topological polar surface area (TPSA) is 102 Å². The summed E-state index contributed by atoms with van der Waals surface area (Å²) < 4.78 is 7.89. The van der Waals surface area contributed by atoms with E-state index in [9.17, 15) is 9.59 Å². The Morgan fingerprint density at radius 3 is 2.62 bits per heavy atom. The number of benzene rings is 3. The van der Waals surface area contributed by atoms with Crippen LogP contribution in [0.25, 0.3) is 44.2 Å². The minimum Gasteiger partial charge on any atom is -0.449 e. The summed E-state index contributed by atoms with van der Waals surface area (Å²) in [4.78, 5) is 38.0. The maximum absolute atomic E-state index is 13.1. The molecule has 8 nitrogen and oxygen atoms in total. The van der Waals surface area contributed by atoms with Crippen LogP contribution >= 0.6 is 0 Å². The Balaban J connectivity index is 1.20. The van der Waals surface area contributed by atoms with Gasteiger partial charge in [0, 0.05) is 52.0 Å². The van der Waals surface area contributed by atoms with Crippen LogP contribution in [0, 0.1) is 0 Å². The summed E-state index contributed by atoms with van der Waals surface area (Å²) in [6, 6.07) is 22.9. The number of carbonyl (C=O) groups is 2. The second kappa shape index (κ2) is 10.1. The molecule has 6 rings (SSSR count). The Bertz CT molecular complexity index is 1840. The largest absolute Gasteiger partial charge is 0.449 e. The Hall–Kier alpha value is -4.98. The Morgan fingerprint density at radius 2 is 1.82 bits per heavy atom. The van der Waals surface area contributed by atoms with Crippen LogP contribution in [-0.4, -0.2) is 37.5 Å². The quantitative estimate of drug-likeness (QED) is 0.241. The van der Waals surface area contributed by atoms with Crippen LogP contribution in [0.4, 0.5) is 5.69 Å². The molecule has 0 aliphatic carbocycles. The second-order valence-electron chi connectivity index (χ2n) is 9.34. The Morgan fingerprint density at radius 1 is 0.974 bits per heavy atom. The van der Waals surface area contributed by atoms with Gasteiger partial charge in [0.25, 0.3) is 5.91 Å². The van der Waals surface area contributed by atoms with Crippen molar-refractivity contribution in [2.75, 3.05) is 5.32 Å². The maximum Gasteiger partial charge on any atom is 0.338 e. The first-order valence-electron chi connectivity index (χ1n) is 13.0. The van der Waals surface area contributed by atoms with E-state index in [-0.39, 0.29) is 5.91 Å². The molecule has 1 unspecified atom stereocenters. The molecule has 3 heterocycles. The van der Waals surface area contributed by atoms with Gasteiger partial charge < -0.3 is 19.6 Å². The van der Waals surface area contributed by atoms with Gasteiger partial charge in [0.1, 0.15) is 5.82 Å². The van der Waals surface area contributed by atoms with Crippen molar-refractivity contribution in [1.29, 1.82) is 0 Å². The van der Waals surface area contributed by atoms with Crippen molar-refractivity contribution in [2.45, 2.75) is 32.9 Å². The van der Waals surface area contributed by atoms with Gasteiger partial charge in [0.15, 0.2) is 6.10 Å². The minimum absolute atomic E-state index is 0.337. The lowest BCUT2D eigenvalue weighted by Gasteiger charge is -2.16. The zero-order chi connectivity index (χ0) is 26.9. The lowest BCUT2D eigenvalue weighted by Crippen LogP contribution is -2.32. The minimum atomic E-state index is -0.936. The third kappa shape index (κ3) is 4.50. The number of aryl methyl sites for hydroxylation is 1. The second-order valence-corrected chi connectivity index (χ2v) is 9.34. The lowest BCUT2D eigenvalue weighted by atomic mass is 10.1. The zero-order valence-electron chi connectivity index (χ0n) is 21.6. The van der Waals surface area contributed by atoms with E-state index < -0.39 is 12.1 Å². The highest BCUT2D eigenvalue weighted by Crippen LogP contribution is 2.31. The number of carbonyl (C=O) groups excluding carboxylic acids is 2. The van der Waals surface area contributed by atoms with Gasteiger partial charge >= 0.3 is 5.97 Å². The van der Waals surface area contributed by atoms with Gasteiger partial charge in [0.2, 0.25) is 0 Å². The monoisotopic (exact) mass is 517 g/mol. The maximum atomic E-state index is 13.1. The molecule has 0 spiro atoms. The molecule has 3 aromatic heterocycles. The summed E-state index contributed by atoms with van der Waals surface area (Å²) in [7, 11) is 0. The number of anilines is 1. The number of hydrogen-bond donors (Lipinski definition) is 2. The van der Waals surface area contributed by atoms with Gasteiger partial charge in [0.05, 0.1) is 16.6 Å². The molecule has 194 valence electrons. The fraction of sp³-hybridized carbons (Fsp3) is 0.161. The predicted molar refractivity (Wildman–Crippen MR) is 153 cm³/mol. The number of fused-ring (bicyclic) bond motifs is 4. The van der Waals surface area contributed by atoms with Gasteiger partial charge in [-0.15, -0.1) is 0 Å². The third-order valence-corrected chi connectivity index (χ3v) is 6.92. The van der Waals surface area contributed by atoms with Crippen LogP contribution in [0.15, 0.2) is 85.2 Å². The van der Waals surface area contributed by atoms with Gasteiger partial charge in [-0.2, -0.15) is 0 Å². The number of nitrogens with zero attached hydrogens (tertiary/aromatic N) is 3. The molecule has 0 aliphatic heterocycles. The molecule has 0 saturated heterocycles. The number of hydrogen-bond acceptors (Lipinski definition) is 5. The molecule has 8 heteroatoms. The van der Waals surface area contributed by atoms with Gasteiger partial charge in [-0.05, 0) is 67.9 Å². The van der Waals surface area contributed by atoms with Crippen molar-refractivity contribution in [3.05, 3.63) is 90.8 Å². The predicted octanol–water partition coefficient (Wildman–Crippen LogP) is 6.33. The molecule has 0 saturated carbocycles. The molecule has 3 aromatic carbocycles. The first-order chi connectivity index (χ1) is 19.1. The first kappa shape index (κ1) is 24.4. The third-order valence-electron chi connectivity index (χ3n) is 6.92. The highest BCUT2D eigenvalue weighted by molar-refractivity contribution is 6.10. The number of aromatic nitrogens is 4. The highest BCUT2D eigenvalue weighted by atomic mass is 16.5. The molecule has 0 bridgehead atoms. The average molecular weight is 518 g/mol. The fourth-order valence-corrected chi connectivity index (χ4v) is 4.99. The van der Waals surface area contributed by atoms with E-state index in [0.717, 1.165) is 39.4 Å². The number of H-pyrrole nitrogens is 1. The number of amides is 1. The van der Waals surface area contributed by atoms with Crippen LogP contribution in [-0.2, 0) is 16.1 Å². The smallest absolute Gasteiger partial charge is 0.338 e. The van der Waals surface area contributed by atoms with Crippen LogP contribution in [0.1, 0.15) is 30.6 Å². The van der Waals surface area contributed by atoms with Crippen molar-refractivity contribution in [3.8, 4) is 11.4 Å². The van der Waals surface area contributed by atoms with Crippen LogP contribution in [0.2, 0.25) is 0 Å². The molecule has 2 N–H and O–H groups in total. The number of rotatable bonds is 7. The lowest BCUT2D eigenvalue weighted by molar-refractivity contribution is -0.124. The number of imidazole rings is 1. The molecule has 0 aliphatic rings. The van der Waals surface area contributed by atoms with Crippen molar-refractivity contribution < 1.29 is 14.3 Å². The number of ether oxygens (including phenoxy) is 1. The van der Waals surface area contributed by atoms with E-state index >= 15 is 0 Å².